The van der Waals surface area contributed by atoms with Crippen molar-refractivity contribution in [2.45, 2.75) is 25.7 Å². The maximum absolute atomic E-state index is 15.0. The normalized spacial score (nSPS) is 16.4. The molecule has 5 aromatic rings. The molecule has 0 saturated carbocycles. The Bertz CT molecular complexity index is 1840. The molecule has 10 heteroatoms. The number of carbonyl (C=O) groups is 1. The van der Waals surface area contributed by atoms with Gasteiger partial charge in [-0.2, -0.15) is 0 Å². The number of imidazole rings is 1. The van der Waals surface area contributed by atoms with Crippen LogP contribution in [0.3, 0.4) is 0 Å². The third kappa shape index (κ3) is 4.78. The van der Waals surface area contributed by atoms with Gasteiger partial charge in [-0.05, 0) is 50.6 Å². The van der Waals surface area contributed by atoms with Crippen molar-refractivity contribution in [3.8, 4) is 28.6 Å². The second kappa shape index (κ2) is 10.8. The van der Waals surface area contributed by atoms with E-state index in [-0.39, 0.29) is 29.1 Å². The lowest BCUT2D eigenvalue weighted by molar-refractivity contribution is -0.137. The topological polar surface area (TPSA) is 89.2 Å². The molecule has 0 spiro atoms. The van der Waals surface area contributed by atoms with Crippen molar-refractivity contribution in [2.75, 3.05) is 13.2 Å². The third-order valence-corrected chi connectivity index (χ3v) is 7.43. The molecule has 0 bridgehead atoms. The van der Waals surface area contributed by atoms with Crippen LogP contribution in [-0.2, 0) is 14.9 Å². The van der Waals surface area contributed by atoms with Gasteiger partial charge in [-0.1, -0.05) is 18.2 Å². The predicted octanol–water partition coefficient (Wildman–Crippen LogP) is 7.43. The maximum atomic E-state index is 15.0. The SMILES string of the molecule is CCOC(=O)/C=C/c1cccc2c1OCC[C@@]2(C)c1c[nH]c(-c2cc(Oc3c(F)cc4[nH]ccc4c3F)ccc2F)n1. The molecule has 0 unspecified atom stereocenters. The molecule has 1 aliphatic heterocycles. The van der Waals surface area contributed by atoms with Crippen LogP contribution in [-0.4, -0.2) is 34.1 Å². The fourth-order valence-electron chi connectivity index (χ4n) is 5.20. The predicted molar refractivity (Wildman–Crippen MR) is 151 cm³/mol. The van der Waals surface area contributed by atoms with Gasteiger partial charge in [0.15, 0.2) is 17.4 Å². The molecule has 0 aliphatic carbocycles. The number of esters is 1. The molecule has 3 heterocycles. The molecule has 42 heavy (non-hydrogen) atoms. The van der Waals surface area contributed by atoms with Crippen LogP contribution in [0.4, 0.5) is 13.2 Å². The molecular formula is C32H26F3N3O4. The maximum Gasteiger partial charge on any atom is 0.330 e. The number of hydrogen-bond acceptors (Lipinski definition) is 5. The van der Waals surface area contributed by atoms with Crippen molar-refractivity contribution in [1.82, 2.24) is 15.0 Å². The Morgan fingerprint density at radius 3 is 2.81 bits per heavy atom. The molecule has 1 aliphatic rings. The molecule has 0 saturated heterocycles. The van der Waals surface area contributed by atoms with E-state index in [1.54, 1.807) is 19.2 Å². The Morgan fingerprint density at radius 2 is 1.98 bits per heavy atom. The Kier molecular flexibility index (Phi) is 6.97. The van der Waals surface area contributed by atoms with Gasteiger partial charge in [0.1, 0.15) is 23.1 Å². The van der Waals surface area contributed by atoms with Crippen LogP contribution in [0.5, 0.6) is 17.2 Å². The van der Waals surface area contributed by atoms with Crippen LogP contribution in [0.2, 0.25) is 0 Å². The van der Waals surface area contributed by atoms with E-state index >= 15 is 4.39 Å². The summed E-state index contributed by atoms with van der Waals surface area (Å²) in [4.78, 5) is 22.4. The zero-order chi connectivity index (χ0) is 29.4. The molecule has 0 radical (unpaired) electrons. The number of halogens is 3. The first-order chi connectivity index (χ1) is 20.3. The average Bonchev–Trinajstić information content (AvgIpc) is 3.66. The van der Waals surface area contributed by atoms with E-state index < -0.39 is 34.6 Å². The monoisotopic (exact) mass is 573 g/mol. The van der Waals surface area contributed by atoms with Crippen molar-refractivity contribution in [3.05, 3.63) is 101 Å². The highest BCUT2D eigenvalue weighted by Gasteiger charge is 2.38. The Balaban J connectivity index is 1.32. The van der Waals surface area contributed by atoms with Crippen molar-refractivity contribution >= 4 is 22.9 Å². The summed E-state index contributed by atoms with van der Waals surface area (Å²) < 4.78 is 61.2. The summed E-state index contributed by atoms with van der Waals surface area (Å²) in [5.41, 5.74) is 2.00. The Morgan fingerprint density at radius 1 is 1.12 bits per heavy atom. The highest BCUT2D eigenvalue weighted by atomic mass is 19.1. The van der Waals surface area contributed by atoms with Crippen LogP contribution >= 0.6 is 0 Å². The number of fused-ring (bicyclic) bond motifs is 2. The fraction of sp³-hybridized carbons (Fsp3) is 0.188. The zero-order valence-corrected chi connectivity index (χ0v) is 22.8. The lowest BCUT2D eigenvalue weighted by atomic mass is 9.75. The van der Waals surface area contributed by atoms with Crippen molar-refractivity contribution in [2.24, 2.45) is 0 Å². The number of ether oxygens (including phenoxy) is 3. The molecule has 0 amide bonds. The van der Waals surface area contributed by atoms with E-state index in [4.69, 9.17) is 19.2 Å². The van der Waals surface area contributed by atoms with Crippen molar-refractivity contribution in [3.63, 3.8) is 0 Å². The summed E-state index contributed by atoms with van der Waals surface area (Å²) in [6.07, 6.45) is 6.81. The van der Waals surface area contributed by atoms with Gasteiger partial charge in [0.05, 0.1) is 30.0 Å². The third-order valence-electron chi connectivity index (χ3n) is 7.43. The first kappa shape index (κ1) is 27.2. The standard InChI is InChI=1S/C32H26F3N3O4/c1-3-40-27(39)10-7-18-5-4-6-22-29(18)41-14-12-32(22,2)26-17-37-31(38-26)21-15-19(8-9-23(21)33)42-30-24(34)16-25-20(28(30)35)11-13-36-25/h4-11,13,15-17,36H,3,12,14H2,1-2H3,(H,37,38)/b10-7+/t32-/m1/s1. The highest BCUT2D eigenvalue weighted by molar-refractivity contribution is 5.88. The lowest BCUT2D eigenvalue weighted by Gasteiger charge is -2.35. The van der Waals surface area contributed by atoms with E-state index in [1.807, 2.05) is 25.1 Å². The quantitative estimate of drug-likeness (QED) is 0.156. The van der Waals surface area contributed by atoms with E-state index in [9.17, 15) is 13.6 Å². The number of carbonyl (C=O) groups excluding carboxylic acids is 1. The number of aromatic amines is 2. The number of nitrogens with one attached hydrogen (secondary N) is 2. The van der Waals surface area contributed by atoms with Gasteiger partial charge in [-0.25, -0.2) is 22.9 Å². The van der Waals surface area contributed by atoms with E-state index in [1.165, 1.54) is 30.5 Å². The minimum atomic E-state index is -0.892. The van der Waals surface area contributed by atoms with Crippen LogP contribution in [0.1, 0.15) is 37.1 Å². The number of aromatic nitrogens is 3. The van der Waals surface area contributed by atoms with Gasteiger partial charge in [0.2, 0.25) is 0 Å². The van der Waals surface area contributed by atoms with Gasteiger partial charge in [0, 0.05) is 46.5 Å². The Hall–Kier alpha value is -4.99. The number of nitrogens with zero attached hydrogens (tertiary/aromatic N) is 1. The molecule has 3 aromatic carbocycles. The molecular weight excluding hydrogens is 547 g/mol. The highest BCUT2D eigenvalue weighted by Crippen LogP contribution is 2.45. The molecule has 1 atom stereocenters. The minimum absolute atomic E-state index is 0.0395. The zero-order valence-electron chi connectivity index (χ0n) is 22.8. The van der Waals surface area contributed by atoms with E-state index in [0.717, 1.165) is 23.3 Å². The minimum Gasteiger partial charge on any atom is -0.493 e. The first-order valence-electron chi connectivity index (χ1n) is 13.4. The summed E-state index contributed by atoms with van der Waals surface area (Å²) in [5, 5.41) is 0.175. The van der Waals surface area contributed by atoms with E-state index in [2.05, 4.69) is 9.97 Å². The van der Waals surface area contributed by atoms with Crippen LogP contribution in [0.25, 0.3) is 28.4 Å². The van der Waals surface area contributed by atoms with Gasteiger partial charge in [0.25, 0.3) is 0 Å². The van der Waals surface area contributed by atoms with E-state index in [0.29, 0.717) is 30.0 Å². The van der Waals surface area contributed by atoms with Crippen molar-refractivity contribution < 1.29 is 32.2 Å². The summed E-state index contributed by atoms with van der Waals surface area (Å²) in [5.74, 6) is -2.49. The second-order valence-electron chi connectivity index (χ2n) is 10.1. The van der Waals surface area contributed by atoms with Crippen LogP contribution < -0.4 is 9.47 Å². The Labute approximate surface area is 239 Å². The summed E-state index contributed by atoms with van der Waals surface area (Å²) in [7, 11) is 0. The summed E-state index contributed by atoms with van der Waals surface area (Å²) in [6.45, 7) is 4.43. The van der Waals surface area contributed by atoms with Gasteiger partial charge < -0.3 is 24.2 Å². The molecule has 2 aromatic heterocycles. The summed E-state index contributed by atoms with van der Waals surface area (Å²) >= 11 is 0. The number of benzene rings is 3. The smallest absolute Gasteiger partial charge is 0.330 e. The molecule has 0 fully saturated rings. The number of rotatable bonds is 7. The van der Waals surface area contributed by atoms with Gasteiger partial charge >= 0.3 is 5.97 Å². The van der Waals surface area contributed by atoms with Crippen molar-refractivity contribution in [1.29, 1.82) is 0 Å². The number of para-hydroxylation sites is 1. The van der Waals surface area contributed by atoms with Crippen LogP contribution in [0.15, 0.2) is 67.0 Å². The average molecular weight is 574 g/mol. The summed E-state index contributed by atoms with van der Waals surface area (Å²) in [6, 6.07) is 12.1. The molecule has 7 nitrogen and oxygen atoms in total. The van der Waals surface area contributed by atoms with Gasteiger partial charge in [-0.15, -0.1) is 0 Å². The fourth-order valence-corrected chi connectivity index (χ4v) is 5.20. The van der Waals surface area contributed by atoms with Crippen LogP contribution in [0, 0.1) is 17.5 Å². The molecule has 2 N–H and O–H groups in total. The molecule has 214 valence electrons. The first-order valence-corrected chi connectivity index (χ1v) is 13.4. The van der Waals surface area contributed by atoms with Gasteiger partial charge in [-0.3, -0.25) is 0 Å². The second-order valence-corrected chi connectivity index (χ2v) is 10.1. The molecule has 6 rings (SSSR count). The lowest BCUT2D eigenvalue weighted by Crippen LogP contribution is -2.31. The number of hydrogen-bond donors (Lipinski definition) is 2. The number of H-pyrrole nitrogens is 2. The largest absolute Gasteiger partial charge is 0.493 e.